The number of carboxylic acid groups (broad SMARTS) is 2. The topological polar surface area (TPSA) is 121 Å². The third kappa shape index (κ3) is 44.7. The monoisotopic (exact) mass is 206 g/mol. The molecule has 2 N–H and O–H groups in total. The zero-order valence-corrected chi connectivity index (χ0v) is 6.40. The van der Waals surface area contributed by atoms with Gasteiger partial charge in [-0.2, -0.15) is 0 Å². The first kappa shape index (κ1) is 16.8. The summed E-state index contributed by atoms with van der Waals surface area (Å²) in [6.07, 6.45) is 0. The van der Waals surface area contributed by atoms with Gasteiger partial charge in [-0.15, -0.1) is 0 Å². The average molecular weight is 206 g/mol. The van der Waals surface area contributed by atoms with Crippen LogP contribution in [0.25, 0.3) is 0 Å². The fourth-order valence-corrected chi connectivity index (χ4v) is 0. The van der Waals surface area contributed by atoms with Crippen molar-refractivity contribution in [3.05, 3.63) is 0 Å². The minimum Gasteiger partial charge on any atom is -0.548 e. The van der Waals surface area contributed by atoms with Crippen LogP contribution in [0, 0.1) is 0 Å². The van der Waals surface area contributed by atoms with Gasteiger partial charge in [0.25, 0.3) is 0 Å². The van der Waals surface area contributed by atoms with Crippen LogP contribution in [0.5, 0.6) is 0 Å². The summed E-state index contributed by atoms with van der Waals surface area (Å²) >= 11 is 0. The standard InChI is InChI=1S/2C2H4O3.Fe/c2*3-1-2(4)5;/h2*3H,1H2,(H,4,5);/q;;+2/p-2. The maximum absolute atomic E-state index is 9.01. The number of hydrogen-bond acceptors (Lipinski definition) is 6. The summed E-state index contributed by atoms with van der Waals surface area (Å²) in [6, 6.07) is 0. The van der Waals surface area contributed by atoms with Crippen molar-refractivity contribution in [3.63, 3.8) is 0 Å². The minimum atomic E-state index is -1.44. The van der Waals surface area contributed by atoms with Crippen molar-refractivity contribution in [2.45, 2.75) is 0 Å². The second-order valence-corrected chi connectivity index (χ2v) is 1.06. The molecule has 0 aromatic heterocycles. The Morgan fingerprint density at radius 3 is 1.09 bits per heavy atom. The Morgan fingerprint density at radius 1 is 1.00 bits per heavy atom. The van der Waals surface area contributed by atoms with Gasteiger partial charge in [0.2, 0.25) is 0 Å². The van der Waals surface area contributed by atoms with Crippen molar-refractivity contribution in [3.8, 4) is 0 Å². The molecule has 0 atom stereocenters. The van der Waals surface area contributed by atoms with Crippen LogP contribution in [0.3, 0.4) is 0 Å². The normalized spacial score (nSPS) is 6.73. The molecular formula is C4H6FeO6. The predicted octanol–water partition coefficient (Wildman–Crippen LogP) is -4.55. The maximum Gasteiger partial charge on any atom is 2.00 e. The zero-order chi connectivity index (χ0) is 8.57. The third-order valence-corrected chi connectivity index (χ3v) is 0.258. The van der Waals surface area contributed by atoms with Crippen LogP contribution in [-0.2, 0) is 26.7 Å². The fourth-order valence-electron chi connectivity index (χ4n) is 0. The molecule has 0 aromatic carbocycles. The number of aliphatic hydroxyl groups excluding tert-OH is 2. The Balaban J connectivity index is -0.000000107. The van der Waals surface area contributed by atoms with Crippen LogP contribution >= 0.6 is 0 Å². The molecule has 0 saturated heterocycles. The number of aliphatic carboxylic acids is 2. The smallest absolute Gasteiger partial charge is 0.548 e. The molecule has 0 aliphatic heterocycles. The largest absolute Gasteiger partial charge is 2.00 e. The van der Waals surface area contributed by atoms with Crippen LogP contribution in [0.1, 0.15) is 0 Å². The van der Waals surface area contributed by atoms with Gasteiger partial charge in [0.05, 0.1) is 25.2 Å². The molecule has 0 unspecified atom stereocenters. The molecule has 6 nitrogen and oxygen atoms in total. The van der Waals surface area contributed by atoms with Gasteiger partial charge < -0.3 is 30.0 Å². The van der Waals surface area contributed by atoms with Crippen LogP contribution in [0.4, 0.5) is 0 Å². The molecule has 0 aromatic rings. The van der Waals surface area contributed by atoms with Gasteiger partial charge in [-0.25, -0.2) is 0 Å². The van der Waals surface area contributed by atoms with E-state index in [1.807, 2.05) is 0 Å². The van der Waals surface area contributed by atoms with Crippen LogP contribution in [-0.4, -0.2) is 35.4 Å². The molecule has 0 heterocycles. The summed E-state index contributed by atoms with van der Waals surface area (Å²) in [7, 11) is 0. The van der Waals surface area contributed by atoms with E-state index in [4.69, 9.17) is 30.0 Å². The van der Waals surface area contributed by atoms with Crippen molar-refractivity contribution < 1.29 is 47.1 Å². The number of carbonyl (C=O) groups excluding carboxylic acids is 2. The summed E-state index contributed by atoms with van der Waals surface area (Å²) in [5, 5.41) is 33.0. The molecule has 0 rings (SSSR count). The third-order valence-electron chi connectivity index (χ3n) is 0.258. The zero-order valence-electron chi connectivity index (χ0n) is 5.30. The number of hydrogen-bond donors (Lipinski definition) is 2. The van der Waals surface area contributed by atoms with Gasteiger partial charge in [0.15, 0.2) is 0 Å². The van der Waals surface area contributed by atoms with E-state index in [0.717, 1.165) is 0 Å². The Morgan fingerprint density at radius 2 is 1.09 bits per heavy atom. The Bertz CT molecular complexity index is 99.1. The van der Waals surface area contributed by atoms with E-state index < -0.39 is 25.2 Å². The van der Waals surface area contributed by atoms with E-state index in [1.54, 1.807) is 0 Å². The van der Waals surface area contributed by atoms with Gasteiger partial charge >= 0.3 is 17.1 Å². The fraction of sp³-hybridized carbons (Fsp3) is 0.500. The van der Waals surface area contributed by atoms with Crippen LogP contribution < -0.4 is 10.2 Å². The summed E-state index contributed by atoms with van der Waals surface area (Å²) in [6.45, 7) is -1.78. The van der Waals surface area contributed by atoms with Crippen molar-refractivity contribution in [2.24, 2.45) is 0 Å². The molecule has 0 saturated carbocycles. The van der Waals surface area contributed by atoms with E-state index in [9.17, 15) is 0 Å². The van der Waals surface area contributed by atoms with E-state index in [2.05, 4.69) is 0 Å². The Labute approximate surface area is 72.9 Å². The minimum absolute atomic E-state index is 0. The summed E-state index contributed by atoms with van der Waals surface area (Å²) in [5.41, 5.74) is 0. The number of carboxylic acids is 2. The van der Waals surface area contributed by atoms with Crippen LogP contribution in [0.15, 0.2) is 0 Å². The van der Waals surface area contributed by atoms with E-state index in [-0.39, 0.29) is 17.1 Å². The van der Waals surface area contributed by atoms with E-state index >= 15 is 0 Å². The van der Waals surface area contributed by atoms with Crippen LogP contribution in [0.2, 0.25) is 0 Å². The molecule has 66 valence electrons. The predicted molar refractivity (Wildman–Crippen MR) is 24.2 cm³/mol. The second kappa shape index (κ2) is 12.1. The summed E-state index contributed by atoms with van der Waals surface area (Å²) in [5.74, 6) is -2.88. The average Bonchev–Trinajstić information content (AvgIpc) is 1.89. The Hall–Kier alpha value is -0.621. The molecule has 0 aliphatic carbocycles. The van der Waals surface area contributed by atoms with Gasteiger partial charge in [-0.05, 0) is 0 Å². The molecule has 0 radical (unpaired) electrons. The summed E-state index contributed by atoms with van der Waals surface area (Å²) < 4.78 is 0. The number of rotatable bonds is 2. The molecule has 0 bridgehead atoms. The first-order chi connectivity index (χ1) is 4.54. The van der Waals surface area contributed by atoms with Crippen molar-refractivity contribution in [1.82, 2.24) is 0 Å². The number of carbonyl (C=O) groups is 2. The quantitative estimate of drug-likeness (QED) is 0.439. The molecule has 0 amide bonds. The molecule has 7 heteroatoms. The molecule has 0 aliphatic rings. The van der Waals surface area contributed by atoms with Crippen molar-refractivity contribution >= 4 is 11.9 Å². The SMILES string of the molecule is O=C([O-])CO.O=C([O-])CO.[Fe+2]. The second-order valence-electron chi connectivity index (χ2n) is 1.06. The molecular weight excluding hydrogens is 200 g/mol. The summed E-state index contributed by atoms with van der Waals surface area (Å²) in [4.78, 5) is 18.0. The van der Waals surface area contributed by atoms with Gasteiger partial charge in [-0.1, -0.05) is 0 Å². The van der Waals surface area contributed by atoms with E-state index in [0.29, 0.717) is 0 Å². The van der Waals surface area contributed by atoms with E-state index in [1.165, 1.54) is 0 Å². The van der Waals surface area contributed by atoms with Crippen molar-refractivity contribution in [2.75, 3.05) is 13.2 Å². The molecule has 0 spiro atoms. The van der Waals surface area contributed by atoms with Gasteiger partial charge in [-0.3, -0.25) is 0 Å². The first-order valence-electron chi connectivity index (χ1n) is 2.16. The van der Waals surface area contributed by atoms with Crippen molar-refractivity contribution in [1.29, 1.82) is 0 Å². The first-order valence-corrected chi connectivity index (χ1v) is 2.16. The number of aliphatic hydroxyl groups is 2. The van der Waals surface area contributed by atoms with Gasteiger partial charge in [0, 0.05) is 0 Å². The maximum atomic E-state index is 9.01. The molecule has 0 fully saturated rings. The van der Waals surface area contributed by atoms with Gasteiger partial charge in [0.1, 0.15) is 0 Å². The molecule has 11 heavy (non-hydrogen) atoms. The Kier molecular flexibility index (Phi) is 18.4.